The molecule has 6 heteroatoms. The molecule has 0 spiro atoms. The fraction of sp³-hybridized carbons (Fsp3) is 0. The molecule has 8 aromatic carbocycles. The average Bonchev–Trinajstić information content (AvgIpc) is 3.93. The van der Waals surface area contributed by atoms with Crippen LogP contribution in [-0.2, 0) is 0 Å². The van der Waals surface area contributed by atoms with Gasteiger partial charge in [0.2, 0.25) is 0 Å². The Bertz CT molecular complexity index is 3510. The van der Waals surface area contributed by atoms with Gasteiger partial charge in [-0.25, -0.2) is 15.0 Å². The molecule has 57 heavy (non-hydrogen) atoms. The molecule has 12 rings (SSSR count). The van der Waals surface area contributed by atoms with Gasteiger partial charge in [-0.15, -0.1) is 0 Å². The topological polar surface area (TPSA) is 61.7 Å². The van der Waals surface area contributed by atoms with Crippen LogP contribution in [0.25, 0.3) is 111 Å². The summed E-state index contributed by atoms with van der Waals surface area (Å²) in [6.07, 6.45) is 0. The second kappa shape index (κ2) is 12.3. The second-order valence-electron chi connectivity index (χ2n) is 14.5. The van der Waals surface area contributed by atoms with Gasteiger partial charge in [0.05, 0.1) is 22.1 Å². The number of aromatic nitrogens is 5. The van der Waals surface area contributed by atoms with E-state index in [-0.39, 0.29) is 0 Å². The maximum absolute atomic E-state index is 6.13. The predicted octanol–water partition coefficient (Wildman–Crippen LogP) is 13.0. The summed E-state index contributed by atoms with van der Waals surface area (Å²) in [6.45, 7) is 0. The number of nitrogens with zero attached hydrogens (tertiary/aromatic N) is 5. The number of benzene rings is 8. The Hall–Kier alpha value is -7.83. The molecule has 0 aliphatic rings. The maximum atomic E-state index is 6.13. The fourth-order valence-electron chi connectivity index (χ4n) is 8.54. The van der Waals surface area contributed by atoms with Gasteiger partial charge in [0.25, 0.3) is 0 Å². The molecule has 0 fully saturated rings. The predicted molar refractivity (Wildman–Crippen MR) is 232 cm³/mol. The van der Waals surface area contributed by atoms with Crippen LogP contribution < -0.4 is 0 Å². The van der Waals surface area contributed by atoms with E-state index in [1.165, 1.54) is 32.6 Å². The normalized spacial score (nSPS) is 11.9. The molecular weight excluding hydrogens is 699 g/mol. The average molecular weight is 730 g/mol. The summed E-state index contributed by atoms with van der Waals surface area (Å²) >= 11 is 0. The second-order valence-corrected chi connectivity index (χ2v) is 14.5. The Morgan fingerprint density at radius 3 is 1.42 bits per heavy atom. The summed E-state index contributed by atoms with van der Waals surface area (Å²) in [5, 5.41) is 7.00. The Labute approximate surface area is 326 Å². The first-order valence-corrected chi connectivity index (χ1v) is 19.1. The quantitative estimate of drug-likeness (QED) is 0.177. The van der Waals surface area contributed by atoms with Gasteiger partial charge in [-0.1, -0.05) is 103 Å². The van der Waals surface area contributed by atoms with Crippen LogP contribution in [0.2, 0.25) is 0 Å². The number of fused-ring (bicyclic) bond motifs is 9. The Morgan fingerprint density at radius 1 is 0.298 bits per heavy atom. The molecule has 0 aliphatic carbocycles. The van der Waals surface area contributed by atoms with Crippen LogP contribution in [0.1, 0.15) is 0 Å². The van der Waals surface area contributed by atoms with Crippen LogP contribution in [0, 0.1) is 0 Å². The van der Waals surface area contributed by atoms with Crippen LogP contribution in [-0.4, -0.2) is 24.1 Å². The van der Waals surface area contributed by atoms with Gasteiger partial charge in [-0.3, -0.25) is 0 Å². The van der Waals surface area contributed by atoms with Crippen molar-refractivity contribution in [2.75, 3.05) is 0 Å². The van der Waals surface area contributed by atoms with E-state index in [2.05, 4.69) is 137 Å². The molecule has 0 bridgehead atoms. The van der Waals surface area contributed by atoms with E-state index in [1.54, 1.807) is 0 Å². The van der Waals surface area contributed by atoms with Gasteiger partial charge < -0.3 is 13.6 Å². The van der Waals surface area contributed by atoms with Crippen LogP contribution in [0.5, 0.6) is 0 Å². The summed E-state index contributed by atoms with van der Waals surface area (Å²) in [4.78, 5) is 15.1. The summed E-state index contributed by atoms with van der Waals surface area (Å²) in [5.41, 5.74) is 11.3. The van der Waals surface area contributed by atoms with Crippen molar-refractivity contribution in [2.24, 2.45) is 0 Å². The molecule has 0 aliphatic heterocycles. The zero-order chi connectivity index (χ0) is 37.5. The van der Waals surface area contributed by atoms with Crippen LogP contribution >= 0.6 is 0 Å². The Balaban J connectivity index is 1.03. The van der Waals surface area contributed by atoms with E-state index in [0.717, 1.165) is 61.0 Å². The Morgan fingerprint density at radius 2 is 0.772 bits per heavy atom. The Kier molecular flexibility index (Phi) is 6.83. The highest BCUT2D eigenvalue weighted by Crippen LogP contribution is 2.40. The zero-order valence-electron chi connectivity index (χ0n) is 30.5. The number of para-hydroxylation sites is 4. The molecule has 0 N–H and O–H groups in total. The number of hydrogen-bond acceptors (Lipinski definition) is 4. The molecule has 0 amide bonds. The van der Waals surface area contributed by atoms with Gasteiger partial charge in [-0.2, -0.15) is 0 Å². The van der Waals surface area contributed by atoms with E-state index < -0.39 is 0 Å². The standard InChI is InChI=1S/C51H31N5O/c1-3-13-32(14-4-1)49-52-50(54-51(53-49)34-25-28-48-42(29-34)39-19-9-12-22-47(39)57-48)33-23-26-36(27-24-33)56-44-21-11-8-18-38(44)41-30-40-37-17-7-10-20-43(37)55(45(40)31-46(41)56)35-15-5-2-6-16-35/h1-31H. The van der Waals surface area contributed by atoms with Crippen molar-refractivity contribution in [1.29, 1.82) is 0 Å². The van der Waals surface area contributed by atoms with E-state index in [0.29, 0.717) is 17.5 Å². The molecule has 0 saturated carbocycles. The van der Waals surface area contributed by atoms with Crippen molar-refractivity contribution in [2.45, 2.75) is 0 Å². The van der Waals surface area contributed by atoms with E-state index in [9.17, 15) is 0 Å². The SMILES string of the molecule is c1ccc(-c2nc(-c3ccc(-n4c5ccccc5c5cc6c7ccccc7n(-c7ccccc7)c6cc54)cc3)nc(-c3ccc4oc5ccccc5c4c3)n2)cc1. The molecule has 0 saturated heterocycles. The molecule has 12 aromatic rings. The number of rotatable bonds is 5. The first kappa shape index (κ1) is 31.5. The summed E-state index contributed by atoms with van der Waals surface area (Å²) in [5.74, 6) is 1.84. The highest BCUT2D eigenvalue weighted by Gasteiger charge is 2.19. The lowest BCUT2D eigenvalue weighted by atomic mass is 10.1. The minimum atomic E-state index is 0.607. The lowest BCUT2D eigenvalue weighted by Gasteiger charge is -2.11. The van der Waals surface area contributed by atoms with Gasteiger partial charge in [0.1, 0.15) is 11.2 Å². The van der Waals surface area contributed by atoms with Crippen molar-refractivity contribution < 1.29 is 4.42 Å². The zero-order valence-corrected chi connectivity index (χ0v) is 30.5. The molecule has 266 valence electrons. The lowest BCUT2D eigenvalue weighted by Crippen LogP contribution is -2.00. The molecule has 6 nitrogen and oxygen atoms in total. The maximum Gasteiger partial charge on any atom is 0.164 e. The highest BCUT2D eigenvalue weighted by molar-refractivity contribution is 6.19. The largest absolute Gasteiger partial charge is 0.456 e. The van der Waals surface area contributed by atoms with Crippen molar-refractivity contribution >= 4 is 65.6 Å². The van der Waals surface area contributed by atoms with Crippen molar-refractivity contribution in [1.82, 2.24) is 24.1 Å². The molecule has 0 radical (unpaired) electrons. The smallest absolute Gasteiger partial charge is 0.164 e. The highest BCUT2D eigenvalue weighted by atomic mass is 16.3. The summed E-state index contributed by atoms with van der Waals surface area (Å²) < 4.78 is 10.9. The van der Waals surface area contributed by atoms with E-state index in [4.69, 9.17) is 19.4 Å². The molecule has 4 heterocycles. The fourth-order valence-corrected chi connectivity index (χ4v) is 8.54. The first-order chi connectivity index (χ1) is 28.2. The minimum absolute atomic E-state index is 0.607. The first-order valence-electron chi connectivity index (χ1n) is 19.1. The third kappa shape index (κ3) is 4.94. The van der Waals surface area contributed by atoms with Crippen molar-refractivity contribution in [3.8, 4) is 45.5 Å². The number of furan rings is 1. The van der Waals surface area contributed by atoms with Crippen LogP contribution in [0.3, 0.4) is 0 Å². The van der Waals surface area contributed by atoms with Crippen LogP contribution in [0.15, 0.2) is 192 Å². The molecule has 0 unspecified atom stereocenters. The lowest BCUT2D eigenvalue weighted by molar-refractivity contribution is 0.669. The molecule has 0 atom stereocenters. The van der Waals surface area contributed by atoms with E-state index in [1.807, 2.05) is 60.7 Å². The van der Waals surface area contributed by atoms with Gasteiger partial charge in [-0.05, 0) is 84.9 Å². The minimum Gasteiger partial charge on any atom is -0.456 e. The van der Waals surface area contributed by atoms with Gasteiger partial charge >= 0.3 is 0 Å². The van der Waals surface area contributed by atoms with Crippen molar-refractivity contribution in [3.63, 3.8) is 0 Å². The van der Waals surface area contributed by atoms with Gasteiger partial charge in [0, 0.05) is 60.4 Å². The monoisotopic (exact) mass is 729 g/mol. The third-order valence-electron chi connectivity index (χ3n) is 11.2. The molecular formula is C51H31N5O. The summed E-state index contributed by atoms with van der Waals surface area (Å²) in [6, 6.07) is 65.7. The van der Waals surface area contributed by atoms with Crippen LogP contribution in [0.4, 0.5) is 0 Å². The summed E-state index contributed by atoms with van der Waals surface area (Å²) in [7, 11) is 0. The van der Waals surface area contributed by atoms with Gasteiger partial charge in [0.15, 0.2) is 17.5 Å². The third-order valence-corrected chi connectivity index (χ3v) is 11.2. The van der Waals surface area contributed by atoms with Crippen molar-refractivity contribution in [3.05, 3.63) is 188 Å². The molecule has 4 aromatic heterocycles. The number of hydrogen-bond donors (Lipinski definition) is 0. The van der Waals surface area contributed by atoms with E-state index >= 15 is 0 Å².